The molecule has 2 amide bonds. The lowest BCUT2D eigenvalue weighted by atomic mass is 9.65. The third kappa shape index (κ3) is 3.36. The summed E-state index contributed by atoms with van der Waals surface area (Å²) in [7, 11) is 0. The van der Waals surface area contributed by atoms with Crippen molar-refractivity contribution in [1.82, 2.24) is 19.6 Å². The summed E-state index contributed by atoms with van der Waals surface area (Å²) >= 11 is 0. The van der Waals surface area contributed by atoms with Gasteiger partial charge in [0.05, 0.1) is 17.2 Å². The summed E-state index contributed by atoms with van der Waals surface area (Å²) in [4.78, 5) is 30.3. The largest absolute Gasteiger partial charge is 0.341 e. The minimum atomic E-state index is -0.177. The van der Waals surface area contributed by atoms with Gasteiger partial charge in [0.25, 0.3) is 0 Å². The maximum atomic E-state index is 13.4. The van der Waals surface area contributed by atoms with Crippen LogP contribution in [0, 0.1) is 19.3 Å². The molecule has 31 heavy (non-hydrogen) atoms. The van der Waals surface area contributed by atoms with Gasteiger partial charge in [-0.25, -0.2) is 0 Å². The van der Waals surface area contributed by atoms with Crippen molar-refractivity contribution in [3.63, 3.8) is 0 Å². The molecular weight excluding hydrogens is 388 g/mol. The number of amides is 2. The molecule has 1 aromatic heterocycles. The van der Waals surface area contributed by atoms with Crippen molar-refractivity contribution in [2.45, 2.75) is 71.0 Å². The molecule has 0 radical (unpaired) electrons. The zero-order chi connectivity index (χ0) is 21.6. The molecule has 1 atom stereocenters. The number of rotatable bonds is 4. The highest BCUT2D eigenvalue weighted by Gasteiger charge is 2.63. The number of hydrogen-bond acceptors (Lipinski definition) is 3. The lowest BCUT2D eigenvalue weighted by Crippen LogP contribution is -2.66. The Hall–Kier alpha value is -2.63. The van der Waals surface area contributed by atoms with Crippen LogP contribution in [0.2, 0.25) is 0 Å². The Morgan fingerprint density at radius 3 is 2.39 bits per heavy atom. The number of aromatic nitrogens is 2. The monoisotopic (exact) mass is 420 g/mol. The van der Waals surface area contributed by atoms with Crippen LogP contribution in [0.25, 0.3) is 0 Å². The summed E-state index contributed by atoms with van der Waals surface area (Å²) in [5.74, 6) is 0.470. The fourth-order valence-electron chi connectivity index (χ4n) is 6.13. The summed E-state index contributed by atoms with van der Waals surface area (Å²) < 4.78 is 1.79. The quantitative estimate of drug-likeness (QED) is 0.710. The van der Waals surface area contributed by atoms with Gasteiger partial charge in [-0.3, -0.25) is 14.3 Å². The Labute approximate surface area is 184 Å². The molecule has 164 valence electrons. The van der Waals surface area contributed by atoms with Crippen LogP contribution in [-0.2, 0) is 16.1 Å². The predicted octanol–water partition coefficient (Wildman–Crippen LogP) is 3.63. The van der Waals surface area contributed by atoms with Crippen molar-refractivity contribution < 1.29 is 9.59 Å². The Morgan fingerprint density at radius 2 is 1.77 bits per heavy atom. The summed E-state index contributed by atoms with van der Waals surface area (Å²) in [6.07, 6.45) is 6.05. The molecule has 1 aromatic carbocycles. The van der Waals surface area contributed by atoms with Crippen molar-refractivity contribution in [3.05, 3.63) is 53.3 Å². The average molecular weight is 421 g/mol. The van der Waals surface area contributed by atoms with E-state index in [0.717, 1.165) is 49.9 Å². The number of piperidine rings is 1. The molecule has 1 aliphatic carbocycles. The van der Waals surface area contributed by atoms with Gasteiger partial charge in [-0.2, -0.15) is 5.10 Å². The average Bonchev–Trinajstić information content (AvgIpc) is 3.40. The maximum absolute atomic E-state index is 13.4. The topological polar surface area (TPSA) is 58.4 Å². The Balaban J connectivity index is 1.27. The lowest BCUT2D eigenvalue weighted by molar-refractivity contribution is -0.181. The second-order valence-corrected chi connectivity index (χ2v) is 9.59. The first-order valence-corrected chi connectivity index (χ1v) is 11.7. The van der Waals surface area contributed by atoms with Crippen LogP contribution >= 0.6 is 0 Å². The van der Waals surface area contributed by atoms with E-state index in [4.69, 9.17) is 0 Å². The SMILES string of the molecule is Cc1cc(C)n(CC(=O)N2CCC(N3C(=O)C4(CCCC4)C3c3ccccc3)CC2)n1. The summed E-state index contributed by atoms with van der Waals surface area (Å²) in [5.41, 5.74) is 3.05. The minimum Gasteiger partial charge on any atom is -0.341 e. The highest BCUT2D eigenvalue weighted by Crippen LogP contribution is 2.60. The summed E-state index contributed by atoms with van der Waals surface area (Å²) in [6, 6.07) is 13.0. The van der Waals surface area contributed by atoms with Gasteiger partial charge < -0.3 is 9.80 Å². The number of aryl methyl sites for hydroxylation is 2. The zero-order valence-corrected chi connectivity index (χ0v) is 18.6. The van der Waals surface area contributed by atoms with Gasteiger partial charge >= 0.3 is 0 Å². The normalized spacial score (nSPS) is 23.4. The van der Waals surface area contributed by atoms with Gasteiger partial charge in [0.1, 0.15) is 6.54 Å². The zero-order valence-electron chi connectivity index (χ0n) is 18.6. The van der Waals surface area contributed by atoms with E-state index in [1.54, 1.807) is 4.68 Å². The molecule has 0 N–H and O–H groups in total. The van der Waals surface area contributed by atoms with E-state index in [1.807, 2.05) is 30.9 Å². The van der Waals surface area contributed by atoms with Gasteiger partial charge in [-0.05, 0) is 51.2 Å². The first-order chi connectivity index (χ1) is 15.0. The van der Waals surface area contributed by atoms with Crippen molar-refractivity contribution >= 4 is 11.8 Å². The van der Waals surface area contributed by atoms with Gasteiger partial charge in [0.15, 0.2) is 0 Å². The van der Waals surface area contributed by atoms with Crippen LogP contribution in [-0.4, -0.2) is 50.5 Å². The van der Waals surface area contributed by atoms with Crippen molar-refractivity contribution in [2.24, 2.45) is 5.41 Å². The molecule has 1 spiro atoms. The second-order valence-electron chi connectivity index (χ2n) is 9.59. The Bertz CT molecular complexity index is 969. The molecule has 3 aliphatic rings. The summed E-state index contributed by atoms with van der Waals surface area (Å²) in [6.45, 7) is 5.65. The second kappa shape index (κ2) is 7.81. The van der Waals surface area contributed by atoms with Crippen molar-refractivity contribution in [2.75, 3.05) is 13.1 Å². The van der Waals surface area contributed by atoms with E-state index in [1.165, 1.54) is 5.56 Å². The number of likely N-dealkylation sites (tertiary alicyclic amines) is 2. The van der Waals surface area contributed by atoms with Crippen LogP contribution < -0.4 is 0 Å². The number of carbonyl (C=O) groups excluding carboxylic acids is 2. The third-order valence-electron chi connectivity index (χ3n) is 7.67. The number of carbonyl (C=O) groups is 2. The minimum absolute atomic E-state index is 0.117. The van der Waals surface area contributed by atoms with E-state index < -0.39 is 0 Å². The van der Waals surface area contributed by atoms with Gasteiger partial charge in [-0.1, -0.05) is 43.2 Å². The van der Waals surface area contributed by atoms with Crippen LogP contribution in [0.15, 0.2) is 36.4 Å². The Kier molecular flexibility index (Phi) is 5.11. The molecule has 2 aromatic rings. The highest BCUT2D eigenvalue weighted by molar-refractivity contribution is 5.91. The first-order valence-electron chi connectivity index (χ1n) is 11.7. The van der Waals surface area contributed by atoms with E-state index in [9.17, 15) is 9.59 Å². The molecule has 1 saturated carbocycles. The molecule has 3 fully saturated rings. The van der Waals surface area contributed by atoms with Crippen LogP contribution in [0.4, 0.5) is 0 Å². The van der Waals surface area contributed by atoms with Crippen LogP contribution in [0.3, 0.4) is 0 Å². The van der Waals surface area contributed by atoms with E-state index in [0.29, 0.717) is 25.5 Å². The molecule has 1 unspecified atom stereocenters. The maximum Gasteiger partial charge on any atom is 0.244 e. The van der Waals surface area contributed by atoms with E-state index in [2.05, 4.69) is 34.3 Å². The number of nitrogens with zero attached hydrogens (tertiary/aromatic N) is 4. The smallest absolute Gasteiger partial charge is 0.244 e. The highest BCUT2D eigenvalue weighted by atomic mass is 16.2. The molecule has 2 aliphatic heterocycles. The fourth-order valence-corrected chi connectivity index (χ4v) is 6.13. The predicted molar refractivity (Wildman–Crippen MR) is 118 cm³/mol. The number of benzene rings is 1. The van der Waals surface area contributed by atoms with Gasteiger partial charge in [0, 0.05) is 24.8 Å². The van der Waals surface area contributed by atoms with Crippen molar-refractivity contribution in [1.29, 1.82) is 0 Å². The molecule has 2 saturated heterocycles. The molecule has 6 nitrogen and oxygen atoms in total. The number of β-lactam (4-membered cyclic amide) rings is 1. The molecule has 5 rings (SSSR count). The molecular formula is C25H32N4O2. The van der Waals surface area contributed by atoms with Crippen molar-refractivity contribution in [3.8, 4) is 0 Å². The van der Waals surface area contributed by atoms with E-state index >= 15 is 0 Å². The van der Waals surface area contributed by atoms with Gasteiger partial charge in [0.2, 0.25) is 11.8 Å². The molecule has 0 bridgehead atoms. The summed E-state index contributed by atoms with van der Waals surface area (Å²) in [5, 5.41) is 4.42. The van der Waals surface area contributed by atoms with E-state index in [-0.39, 0.29) is 23.4 Å². The molecule has 3 heterocycles. The first kappa shape index (κ1) is 20.3. The fraction of sp³-hybridized carbons (Fsp3) is 0.560. The Morgan fingerprint density at radius 1 is 1.10 bits per heavy atom. The standard InChI is InChI=1S/C25H32N4O2/c1-18-16-19(2)28(26-18)17-22(30)27-14-10-21(11-15-27)29-23(20-8-4-3-5-9-20)25(24(29)31)12-6-7-13-25/h3-5,8-9,16,21,23H,6-7,10-15,17H2,1-2H3. The van der Waals surface area contributed by atoms with Gasteiger partial charge in [-0.15, -0.1) is 0 Å². The van der Waals surface area contributed by atoms with Crippen LogP contribution in [0.1, 0.15) is 61.5 Å². The lowest BCUT2D eigenvalue weighted by Gasteiger charge is -2.59. The third-order valence-corrected chi connectivity index (χ3v) is 7.67. The van der Waals surface area contributed by atoms with Crippen LogP contribution in [0.5, 0.6) is 0 Å². The molecule has 6 heteroatoms. The number of hydrogen-bond donors (Lipinski definition) is 0.